The number of carbonyl (C=O) groups excluding carboxylic acids is 2. The number of nitrogens with zero attached hydrogens (tertiary/aromatic N) is 1. The van der Waals surface area contributed by atoms with E-state index in [1.165, 1.54) is 18.2 Å². The number of benzene rings is 1. The summed E-state index contributed by atoms with van der Waals surface area (Å²) in [6.45, 7) is 5.03. The molecule has 8 nitrogen and oxygen atoms in total. The number of carboxylic acids is 1. The number of amides is 2. The second-order valence-corrected chi connectivity index (χ2v) is 5.36. The van der Waals surface area contributed by atoms with E-state index in [0.29, 0.717) is 0 Å². The van der Waals surface area contributed by atoms with Gasteiger partial charge in [-0.3, -0.25) is 5.43 Å². The monoisotopic (exact) mass is 325 g/mol. The molecule has 0 unspecified atom stereocenters. The van der Waals surface area contributed by atoms with Gasteiger partial charge in [-0.25, -0.2) is 19.8 Å². The third-order valence-corrected chi connectivity index (χ3v) is 2.46. The predicted octanol–water partition coefficient (Wildman–Crippen LogP) is 2.11. The van der Waals surface area contributed by atoms with Gasteiger partial charge in [-0.2, -0.15) is 0 Å². The zero-order valence-electron chi connectivity index (χ0n) is 12.2. The molecule has 118 valence electrons. The van der Waals surface area contributed by atoms with E-state index in [4.69, 9.17) is 4.74 Å². The molecule has 3 N–H and O–H groups in total. The number of hydrogen-bond acceptors (Lipinski definition) is 6. The highest BCUT2D eigenvalue weighted by Crippen LogP contribution is 2.23. The zero-order chi connectivity index (χ0) is 16.9. The van der Waals surface area contributed by atoms with Crippen molar-refractivity contribution in [3.63, 3.8) is 0 Å². The lowest BCUT2D eigenvalue weighted by Crippen LogP contribution is -2.30. The number of esters is 1. The second-order valence-electron chi connectivity index (χ2n) is 5.18. The average Bonchev–Trinajstić information content (AvgIpc) is 2.42. The fourth-order valence-corrected chi connectivity index (χ4v) is 1.55. The maximum absolute atomic E-state index is 12.2. The molecule has 2 amide bonds. The van der Waals surface area contributed by atoms with Crippen molar-refractivity contribution in [2.75, 3.05) is 5.43 Å². The van der Waals surface area contributed by atoms with Crippen molar-refractivity contribution in [2.45, 2.75) is 26.4 Å². The molecular weight excluding hydrogens is 310 g/mol. The van der Waals surface area contributed by atoms with Crippen LogP contribution < -0.4 is 10.9 Å². The van der Waals surface area contributed by atoms with Crippen LogP contribution in [-0.2, 0) is 17.2 Å². The Bertz CT molecular complexity index is 625. The lowest BCUT2D eigenvalue weighted by molar-refractivity contribution is 0.00705. The van der Waals surface area contributed by atoms with Crippen molar-refractivity contribution in [1.29, 1.82) is 0 Å². The Balaban J connectivity index is 3.23. The highest BCUT2D eigenvalue weighted by atomic mass is 32.1. The van der Waals surface area contributed by atoms with Crippen LogP contribution in [0.25, 0.3) is 0 Å². The first-order valence-corrected chi connectivity index (χ1v) is 6.51. The Morgan fingerprint density at radius 1 is 1.23 bits per heavy atom. The lowest BCUT2D eigenvalue weighted by Gasteiger charge is -2.21. The van der Waals surface area contributed by atoms with Gasteiger partial charge in [0.2, 0.25) is 0 Å². The number of aromatic carboxylic acids is 1. The molecule has 0 aliphatic carbocycles. The van der Waals surface area contributed by atoms with E-state index in [0.717, 1.165) is 0 Å². The number of urea groups is 1. The molecule has 0 heterocycles. The number of hydrogen-bond donors (Lipinski definition) is 3. The van der Waals surface area contributed by atoms with Crippen molar-refractivity contribution in [3.05, 3.63) is 29.3 Å². The summed E-state index contributed by atoms with van der Waals surface area (Å²) in [7, 11) is 0. The molecule has 1 aromatic rings. The molecule has 1 aromatic carbocycles. The topological polar surface area (TPSA) is 117 Å². The van der Waals surface area contributed by atoms with E-state index in [-0.39, 0.29) is 16.8 Å². The minimum atomic E-state index is -1.28. The summed E-state index contributed by atoms with van der Waals surface area (Å²) in [5, 5.41) is 9.18. The molecule has 0 radical (unpaired) electrons. The van der Waals surface area contributed by atoms with Gasteiger partial charge in [-0.15, -0.1) is 4.36 Å². The largest absolute Gasteiger partial charge is 0.478 e. The molecule has 0 aliphatic heterocycles. The van der Waals surface area contributed by atoms with Crippen molar-refractivity contribution in [2.24, 2.45) is 4.36 Å². The van der Waals surface area contributed by atoms with Gasteiger partial charge >= 0.3 is 18.0 Å². The minimum absolute atomic E-state index is 0.0421. The SMILES string of the molecule is CC(C)(C)OC(=O)c1cccc(C(=O)O)c1NNC(=O)N=S. The fourth-order valence-electron chi connectivity index (χ4n) is 1.51. The van der Waals surface area contributed by atoms with Crippen LogP contribution in [0.3, 0.4) is 0 Å². The summed E-state index contributed by atoms with van der Waals surface area (Å²) in [5.74, 6) is -2.01. The maximum atomic E-state index is 12.2. The molecule has 0 saturated carbocycles. The Hall–Kier alpha value is -2.55. The molecule has 9 heteroatoms. The van der Waals surface area contributed by atoms with Gasteiger partial charge in [0.05, 0.1) is 16.8 Å². The first kappa shape index (κ1) is 17.5. The molecule has 0 bridgehead atoms. The molecule has 0 saturated heterocycles. The number of carbonyl (C=O) groups is 3. The normalized spacial score (nSPS) is 10.5. The van der Waals surface area contributed by atoms with Crippen LogP contribution in [0.2, 0.25) is 0 Å². The molecule has 22 heavy (non-hydrogen) atoms. The third kappa shape index (κ3) is 4.77. The quantitative estimate of drug-likeness (QED) is 0.573. The lowest BCUT2D eigenvalue weighted by atomic mass is 10.1. The Labute approximate surface area is 132 Å². The van der Waals surface area contributed by atoms with Gasteiger partial charge in [0.1, 0.15) is 5.60 Å². The summed E-state index contributed by atoms with van der Waals surface area (Å²) >= 11 is 4.20. The van der Waals surface area contributed by atoms with E-state index in [1.54, 1.807) is 20.8 Å². The van der Waals surface area contributed by atoms with E-state index in [1.807, 2.05) is 0 Å². The Morgan fingerprint density at radius 3 is 2.32 bits per heavy atom. The summed E-state index contributed by atoms with van der Waals surface area (Å²) in [4.78, 5) is 34.5. The first-order chi connectivity index (χ1) is 10.2. The molecule has 0 aromatic heterocycles. The van der Waals surface area contributed by atoms with Gasteiger partial charge in [0.25, 0.3) is 0 Å². The highest BCUT2D eigenvalue weighted by Gasteiger charge is 2.24. The van der Waals surface area contributed by atoms with E-state index in [2.05, 4.69) is 27.6 Å². The van der Waals surface area contributed by atoms with Crippen molar-refractivity contribution >= 4 is 36.1 Å². The number of ether oxygens (including phenoxy) is 1. The molecule has 0 atom stereocenters. The van der Waals surface area contributed by atoms with Crippen LogP contribution in [0, 0.1) is 0 Å². The smallest absolute Gasteiger partial charge is 0.370 e. The van der Waals surface area contributed by atoms with Gasteiger partial charge in [-0.05, 0) is 32.9 Å². The first-order valence-electron chi connectivity index (χ1n) is 6.14. The fraction of sp³-hybridized carbons (Fsp3) is 0.308. The van der Waals surface area contributed by atoms with Gasteiger partial charge in [0.15, 0.2) is 0 Å². The number of para-hydroxylation sites is 1. The molecule has 0 aliphatic rings. The summed E-state index contributed by atoms with van der Waals surface area (Å²) in [5.41, 5.74) is 3.28. The van der Waals surface area contributed by atoms with E-state index < -0.39 is 23.6 Å². The second kappa shape index (κ2) is 6.94. The van der Waals surface area contributed by atoms with Crippen LogP contribution in [0.1, 0.15) is 41.5 Å². The number of rotatable bonds is 4. The average molecular weight is 325 g/mol. The standard InChI is InChI=1S/C13H15N3O5S/c1-13(2,3)21-11(19)8-6-4-5-7(10(17)18)9(8)14-15-12(20)16-22/h4-6,14H,1-3H3,(H,15,20)(H,17,18). The van der Waals surface area contributed by atoms with Crippen LogP contribution in [0.15, 0.2) is 22.6 Å². The van der Waals surface area contributed by atoms with Crippen LogP contribution in [0.5, 0.6) is 0 Å². The predicted molar refractivity (Wildman–Crippen MR) is 80.5 cm³/mol. The highest BCUT2D eigenvalue weighted by molar-refractivity contribution is 7.47. The molecular formula is C13H15N3O5S. The molecule has 1 rings (SSSR count). The number of hydrazine groups is 1. The Kier molecular flexibility index (Phi) is 5.52. The summed E-state index contributed by atoms with van der Waals surface area (Å²) in [6, 6.07) is 3.15. The van der Waals surface area contributed by atoms with Gasteiger partial charge < -0.3 is 9.84 Å². The third-order valence-electron chi connectivity index (χ3n) is 2.29. The maximum Gasteiger partial charge on any atom is 0.370 e. The molecule has 0 spiro atoms. The minimum Gasteiger partial charge on any atom is -0.478 e. The van der Waals surface area contributed by atoms with Gasteiger partial charge in [0, 0.05) is 12.4 Å². The van der Waals surface area contributed by atoms with E-state index in [9.17, 15) is 19.5 Å². The van der Waals surface area contributed by atoms with Crippen molar-refractivity contribution in [1.82, 2.24) is 5.43 Å². The zero-order valence-corrected chi connectivity index (χ0v) is 13.0. The number of nitrogens with one attached hydrogen (secondary N) is 2. The number of anilines is 1. The van der Waals surface area contributed by atoms with Gasteiger partial charge in [-0.1, -0.05) is 6.07 Å². The van der Waals surface area contributed by atoms with E-state index >= 15 is 0 Å². The van der Waals surface area contributed by atoms with Crippen LogP contribution >= 0.6 is 0 Å². The van der Waals surface area contributed by atoms with Crippen molar-refractivity contribution < 1.29 is 24.2 Å². The summed E-state index contributed by atoms with van der Waals surface area (Å²) < 4.78 is 8.12. The van der Waals surface area contributed by atoms with Crippen LogP contribution in [0.4, 0.5) is 10.5 Å². The number of carboxylic acid groups (broad SMARTS) is 1. The van der Waals surface area contributed by atoms with Crippen LogP contribution in [-0.4, -0.2) is 28.7 Å². The Morgan fingerprint density at radius 2 is 1.82 bits per heavy atom. The molecule has 0 fully saturated rings. The summed E-state index contributed by atoms with van der Waals surface area (Å²) in [6.07, 6.45) is 0. The van der Waals surface area contributed by atoms with Crippen molar-refractivity contribution in [3.8, 4) is 0 Å².